The van der Waals surface area contributed by atoms with E-state index in [1.165, 1.54) is 66.8 Å². The van der Waals surface area contributed by atoms with Gasteiger partial charge in [-0.2, -0.15) is 0 Å². The molecule has 1 heterocycles. The first-order valence-corrected chi connectivity index (χ1v) is 26.0. The first-order valence-electron chi connectivity index (χ1n) is 26.0. The molecule has 372 valence electrons. The molecule has 1 aromatic heterocycles. The van der Waals surface area contributed by atoms with Crippen LogP contribution in [0.15, 0.2) is 182 Å². The maximum Gasteiger partial charge on any atom is 0.164 e. The second-order valence-corrected chi connectivity index (χ2v) is 20.7. The summed E-state index contributed by atoms with van der Waals surface area (Å²) < 4.78 is 0. The third-order valence-corrected chi connectivity index (χ3v) is 14.3. The van der Waals surface area contributed by atoms with Gasteiger partial charge in [0.1, 0.15) is 0 Å². The fourth-order valence-electron chi connectivity index (χ4n) is 10.6. The van der Waals surface area contributed by atoms with E-state index >= 15 is 0 Å². The Morgan fingerprint density at radius 2 is 0.387 bits per heavy atom. The van der Waals surface area contributed by atoms with Crippen LogP contribution in [-0.2, 0) is 0 Å². The van der Waals surface area contributed by atoms with Gasteiger partial charge in [0.2, 0.25) is 0 Å². The van der Waals surface area contributed by atoms with E-state index in [-0.39, 0.29) is 0 Å². The minimum Gasteiger partial charge on any atom is -0.310 e. The smallest absolute Gasteiger partial charge is 0.164 e. The zero-order valence-electron chi connectivity index (χ0n) is 45.5. The molecule has 0 spiro atoms. The molecule has 10 aromatic rings. The van der Waals surface area contributed by atoms with Gasteiger partial charge in [0, 0.05) is 67.9 Å². The van der Waals surface area contributed by atoms with Gasteiger partial charge in [0.25, 0.3) is 0 Å². The van der Waals surface area contributed by atoms with Crippen molar-refractivity contribution in [2.75, 3.05) is 14.7 Å². The van der Waals surface area contributed by atoms with E-state index in [9.17, 15) is 0 Å². The Hall–Kier alpha value is -8.61. The predicted octanol–water partition coefficient (Wildman–Crippen LogP) is 19.0. The van der Waals surface area contributed by atoms with E-state index in [1.54, 1.807) is 0 Å². The van der Waals surface area contributed by atoms with Gasteiger partial charge in [0.05, 0.1) is 0 Å². The van der Waals surface area contributed by atoms with Gasteiger partial charge in [-0.3, -0.25) is 0 Å². The lowest BCUT2D eigenvalue weighted by molar-refractivity contribution is 1.07. The van der Waals surface area contributed by atoms with E-state index in [2.05, 4.69) is 280 Å². The molecule has 0 aliphatic carbocycles. The zero-order valence-corrected chi connectivity index (χ0v) is 45.5. The lowest BCUT2D eigenvalue weighted by Gasteiger charge is -2.29. The Morgan fingerprint density at radius 3 is 0.547 bits per heavy atom. The Morgan fingerprint density at radius 1 is 0.213 bits per heavy atom. The molecule has 6 heteroatoms. The zero-order chi connectivity index (χ0) is 52.7. The minimum atomic E-state index is 0.596. The second kappa shape index (κ2) is 20.7. The Bertz CT molecular complexity index is 3180. The molecule has 0 aliphatic heterocycles. The quantitative estimate of drug-likeness (QED) is 0.122. The number of hydrogen-bond donors (Lipinski definition) is 0. The van der Waals surface area contributed by atoms with Crippen LogP contribution < -0.4 is 14.7 Å². The molecule has 0 radical (unpaired) electrons. The number of aryl methyl sites for hydroxylation is 12. The van der Waals surface area contributed by atoms with Crippen LogP contribution in [0.4, 0.5) is 51.2 Å². The highest BCUT2D eigenvalue weighted by molar-refractivity contribution is 5.85. The van der Waals surface area contributed by atoms with Crippen LogP contribution in [0.5, 0.6) is 0 Å². The third kappa shape index (κ3) is 10.3. The summed E-state index contributed by atoms with van der Waals surface area (Å²) in [5.74, 6) is 1.79. The van der Waals surface area contributed by atoms with Crippen LogP contribution in [0, 0.1) is 83.1 Å². The summed E-state index contributed by atoms with van der Waals surface area (Å²) in [5.41, 5.74) is 27.3. The van der Waals surface area contributed by atoms with E-state index in [4.69, 9.17) is 15.0 Å². The van der Waals surface area contributed by atoms with Crippen LogP contribution in [0.3, 0.4) is 0 Å². The standard InChI is InChI=1S/C69H66N6/c1-43-13-31-61(49(7)37-43)73(62-32-14-44(2)38-50(62)8)58-25-19-55(20-26-58)67-70-68(56-21-27-59(28-22-56)74(63-33-15-45(3)39-51(63)9)64-34-16-46(4)40-52(64)10)72-69(71-67)57-23-29-60(30-24-57)75(65-35-17-47(5)41-53(65)11)66-36-18-48(6)42-54(66)12/h13-42H,1-12H3. The molecule has 9 aromatic carbocycles. The second-order valence-electron chi connectivity index (χ2n) is 20.7. The lowest BCUT2D eigenvalue weighted by atomic mass is 10.0. The van der Waals surface area contributed by atoms with Crippen molar-refractivity contribution in [1.29, 1.82) is 0 Å². The number of benzene rings is 9. The van der Waals surface area contributed by atoms with Crippen molar-refractivity contribution in [3.05, 3.63) is 249 Å². The summed E-state index contributed by atoms with van der Waals surface area (Å²) in [6.45, 7) is 26.0. The van der Waals surface area contributed by atoms with Gasteiger partial charge < -0.3 is 14.7 Å². The number of rotatable bonds is 12. The molecular formula is C69H66N6. The molecule has 0 unspecified atom stereocenters. The molecule has 75 heavy (non-hydrogen) atoms. The van der Waals surface area contributed by atoms with Gasteiger partial charge in [-0.05, 0) is 226 Å². The fraction of sp³-hybridized carbons (Fsp3) is 0.174. The normalized spacial score (nSPS) is 11.2. The van der Waals surface area contributed by atoms with Crippen molar-refractivity contribution in [1.82, 2.24) is 15.0 Å². The van der Waals surface area contributed by atoms with Crippen LogP contribution >= 0.6 is 0 Å². The molecule has 0 N–H and O–H groups in total. The van der Waals surface area contributed by atoms with Crippen molar-refractivity contribution >= 4 is 51.2 Å². The highest BCUT2D eigenvalue weighted by Gasteiger charge is 2.22. The predicted molar refractivity (Wildman–Crippen MR) is 317 cm³/mol. The Balaban J connectivity index is 1.09. The van der Waals surface area contributed by atoms with Crippen molar-refractivity contribution < 1.29 is 0 Å². The summed E-state index contributed by atoms with van der Waals surface area (Å²) in [4.78, 5) is 22.9. The van der Waals surface area contributed by atoms with Crippen molar-refractivity contribution in [3.63, 3.8) is 0 Å². The van der Waals surface area contributed by atoms with Gasteiger partial charge >= 0.3 is 0 Å². The Kier molecular flexibility index (Phi) is 13.8. The largest absolute Gasteiger partial charge is 0.310 e. The molecule has 0 atom stereocenters. The highest BCUT2D eigenvalue weighted by Crippen LogP contribution is 2.43. The first kappa shape index (κ1) is 49.9. The lowest BCUT2D eigenvalue weighted by Crippen LogP contribution is -2.13. The van der Waals surface area contributed by atoms with Gasteiger partial charge in [0.15, 0.2) is 17.5 Å². The summed E-state index contributed by atoms with van der Waals surface area (Å²) >= 11 is 0. The van der Waals surface area contributed by atoms with Crippen molar-refractivity contribution in [2.45, 2.75) is 83.1 Å². The number of nitrogens with zero attached hydrogens (tertiary/aromatic N) is 6. The number of anilines is 9. The first-order chi connectivity index (χ1) is 36.1. The van der Waals surface area contributed by atoms with E-state index in [0.717, 1.165) is 67.9 Å². The summed E-state index contributed by atoms with van der Waals surface area (Å²) in [7, 11) is 0. The van der Waals surface area contributed by atoms with E-state index in [1.807, 2.05) is 0 Å². The van der Waals surface area contributed by atoms with Crippen LogP contribution in [0.2, 0.25) is 0 Å². The summed E-state index contributed by atoms with van der Waals surface area (Å²) in [5, 5.41) is 0. The monoisotopic (exact) mass is 979 g/mol. The van der Waals surface area contributed by atoms with E-state index in [0.29, 0.717) is 17.5 Å². The summed E-state index contributed by atoms with van der Waals surface area (Å²) in [6.07, 6.45) is 0. The third-order valence-electron chi connectivity index (χ3n) is 14.3. The fourth-order valence-corrected chi connectivity index (χ4v) is 10.6. The maximum absolute atomic E-state index is 5.28. The average Bonchev–Trinajstić information content (AvgIpc) is 3.38. The number of hydrogen-bond acceptors (Lipinski definition) is 6. The number of aromatic nitrogens is 3. The minimum absolute atomic E-state index is 0.596. The topological polar surface area (TPSA) is 48.4 Å². The Labute approximate surface area is 444 Å². The van der Waals surface area contributed by atoms with Crippen LogP contribution in [0.25, 0.3) is 34.2 Å². The van der Waals surface area contributed by atoms with E-state index < -0.39 is 0 Å². The molecule has 6 nitrogen and oxygen atoms in total. The van der Waals surface area contributed by atoms with Gasteiger partial charge in [-0.15, -0.1) is 0 Å². The summed E-state index contributed by atoms with van der Waals surface area (Å²) in [6, 6.07) is 66.0. The highest BCUT2D eigenvalue weighted by atomic mass is 15.2. The maximum atomic E-state index is 5.28. The van der Waals surface area contributed by atoms with Crippen molar-refractivity contribution in [2.24, 2.45) is 0 Å². The van der Waals surface area contributed by atoms with Gasteiger partial charge in [-0.25, -0.2) is 15.0 Å². The molecule has 10 rings (SSSR count). The SMILES string of the molecule is Cc1ccc(N(c2ccc(-c3nc(-c4ccc(N(c5ccc(C)cc5C)c5ccc(C)cc5C)cc4)nc(-c4ccc(N(c5ccc(C)cc5C)c5ccc(C)cc5C)cc4)n3)cc2)c2ccc(C)cc2C)c(C)c1. The molecule has 0 fully saturated rings. The van der Waals surface area contributed by atoms with Crippen molar-refractivity contribution in [3.8, 4) is 34.2 Å². The average molecular weight is 979 g/mol. The molecular weight excluding hydrogens is 913 g/mol. The molecule has 0 aliphatic rings. The molecule has 0 bridgehead atoms. The molecule has 0 saturated heterocycles. The molecule has 0 saturated carbocycles. The van der Waals surface area contributed by atoms with Crippen LogP contribution in [0.1, 0.15) is 66.8 Å². The van der Waals surface area contributed by atoms with Gasteiger partial charge in [-0.1, -0.05) is 106 Å². The molecule has 0 amide bonds. The van der Waals surface area contributed by atoms with Crippen LogP contribution in [-0.4, -0.2) is 15.0 Å².